The monoisotopic (exact) mass is 329 g/mol. The van der Waals surface area contributed by atoms with Crippen LogP contribution < -0.4 is 4.72 Å². The molecule has 1 aliphatic rings. The van der Waals surface area contributed by atoms with Gasteiger partial charge in [-0.3, -0.25) is 4.68 Å². The Kier molecular flexibility index (Phi) is 5.63. The molecule has 1 fully saturated rings. The van der Waals surface area contributed by atoms with Crippen LogP contribution in [-0.2, 0) is 21.8 Å². The molecule has 22 heavy (non-hydrogen) atoms. The van der Waals surface area contributed by atoms with Crippen molar-refractivity contribution < 1.29 is 13.2 Å². The summed E-state index contributed by atoms with van der Waals surface area (Å²) in [6.45, 7) is 6.37. The van der Waals surface area contributed by atoms with Crippen LogP contribution in [0.5, 0.6) is 0 Å². The highest BCUT2D eigenvalue weighted by Crippen LogP contribution is 2.26. The van der Waals surface area contributed by atoms with Gasteiger partial charge in [-0.05, 0) is 32.6 Å². The number of sulfonamides is 1. The molecule has 1 aromatic rings. The maximum Gasteiger partial charge on any atom is 0.244 e. The van der Waals surface area contributed by atoms with Crippen molar-refractivity contribution in [1.29, 1.82) is 0 Å². The molecule has 0 bridgehead atoms. The fourth-order valence-corrected chi connectivity index (χ4v) is 4.58. The minimum absolute atomic E-state index is 0.264. The van der Waals surface area contributed by atoms with Crippen LogP contribution in [0.15, 0.2) is 4.90 Å². The third-order valence-electron chi connectivity index (χ3n) is 4.47. The molecule has 2 atom stereocenters. The molecule has 2 rings (SSSR count). The lowest BCUT2D eigenvalue weighted by atomic mass is 9.88. The van der Waals surface area contributed by atoms with Gasteiger partial charge >= 0.3 is 0 Å². The standard InChI is InChI=1S/C15H27N3O3S/c1-11-7-5-6-8-14(11)21-10-9-16-22(19,20)15-12(2)17-18(4)13(15)3/h11,14,16H,5-10H2,1-4H3/t11-,14-/m0/s1. The summed E-state index contributed by atoms with van der Waals surface area (Å²) >= 11 is 0. The van der Waals surface area contributed by atoms with Crippen molar-refractivity contribution in [2.75, 3.05) is 13.2 Å². The van der Waals surface area contributed by atoms with Crippen molar-refractivity contribution in [2.24, 2.45) is 13.0 Å². The van der Waals surface area contributed by atoms with Gasteiger partial charge < -0.3 is 4.74 Å². The Balaban J connectivity index is 1.88. The van der Waals surface area contributed by atoms with Gasteiger partial charge in [-0.25, -0.2) is 13.1 Å². The zero-order valence-corrected chi connectivity index (χ0v) is 14.7. The van der Waals surface area contributed by atoms with Crippen LogP contribution in [0.4, 0.5) is 0 Å². The molecule has 7 heteroatoms. The second-order valence-electron chi connectivity index (χ2n) is 6.19. The fourth-order valence-electron chi connectivity index (χ4n) is 3.13. The normalized spacial score (nSPS) is 22.9. The number of nitrogens with one attached hydrogen (secondary N) is 1. The topological polar surface area (TPSA) is 73.2 Å². The van der Waals surface area contributed by atoms with E-state index in [4.69, 9.17) is 4.74 Å². The van der Waals surface area contributed by atoms with Crippen molar-refractivity contribution in [3.8, 4) is 0 Å². The van der Waals surface area contributed by atoms with Crippen LogP contribution >= 0.6 is 0 Å². The minimum Gasteiger partial charge on any atom is -0.377 e. The molecule has 0 spiro atoms. The Morgan fingerprint density at radius 2 is 2.00 bits per heavy atom. The summed E-state index contributed by atoms with van der Waals surface area (Å²) in [7, 11) is -1.79. The summed E-state index contributed by atoms with van der Waals surface area (Å²) in [5.41, 5.74) is 1.17. The van der Waals surface area contributed by atoms with Crippen LogP contribution in [-0.4, -0.2) is 37.5 Å². The van der Waals surface area contributed by atoms with E-state index in [1.54, 1.807) is 25.6 Å². The first kappa shape index (κ1) is 17.4. The van der Waals surface area contributed by atoms with Crippen molar-refractivity contribution in [1.82, 2.24) is 14.5 Å². The van der Waals surface area contributed by atoms with Gasteiger partial charge in [0.05, 0.1) is 24.1 Å². The predicted molar refractivity (Wildman–Crippen MR) is 85.2 cm³/mol. The van der Waals surface area contributed by atoms with Crippen LogP contribution in [0.3, 0.4) is 0 Å². The van der Waals surface area contributed by atoms with Crippen molar-refractivity contribution >= 4 is 10.0 Å². The van der Waals surface area contributed by atoms with E-state index in [9.17, 15) is 8.42 Å². The Hall–Kier alpha value is -0.920. The number of hydrogen-bond acceptors (Lipinski definition) is 4. The molecule has 1 heterocycles. The quantitative estimate of drug-likeness (QED) is 0.809. The molecule has 126 valence electrons. The van der Waals surface area contributed by atoms with Gasteiger partial charge in [0.15, 0.2) is 0 Å². The Morgan fingerprint density at radius 1 is 1.32 bits per heavy atom. The summed E-state index contributed by atoms with van der Waals surface area (Å²) in [5, 5.41) is 4.15. The van der Waals surface area contributed by atoms with E-state index in [2.05, 4.69) is 16.7 Å². The third-order valence-corrected chi connectivity index (χ3v) is 6.18. The average Bonchev–Trinajstić information content (AvgIpc) is 2.70. The molecule has 1 saturated carbocycles. The lowest BCUT2D eigenvalue weighted by molar-refractivity contribution is -0.00177. The predicted octanol–water partition coefficient (Wildman–Crippen LogP) is 1.91. The number of nitrogens with zero attached hydrogens (tertiary/aromatic N) is 2. The van der Waals surface area contributed by atoms with E-state index in [1.807, 2.05) is 0 Å². The molecule has 0 radical (unpaired) electrons. The highest BCUT2D eigenvalue weighted by molar-refractivity contribution is 7.89. The molecule has 1 N–H and O–H groups in total. The zero-order chi connectivity index (χ0) is 16.3. The average molecular weight is 329 g/mol. The summed E-state index contributed by atoms with van der Waals surface area (Å²) in [6, 6.07) is 0. The van der Waals surface area contributed by atoms with Crippen LogP contribution in [0.1, 0.15) is 44.0 Å². The molecule has 0 unspecified atom stereocenters. The summed E-state index contributed by atoms with van der Waals surface area (Å²) in [4.78, 5) is 0.279. The Labute approximate surface area is 133 Å². The minimum atomic E-state index is -3.53. The number of ether oxygens (including phenoxy) is 1. The highest BCUT2D eigenvalue weighted by Gasteiger charge is 2.24. The van der Waals surface area contributed by atoms with E-state index in [-0.39, 0.29) is 11.0 Å². The number of aryl methyl sites for hydroxylation is 2. The first-order chi connectivity index (χ1) is 10.3. The molecule has 1 aliphatic carbocycles. The molecular formula is C15H27N3O3S. The molecular weight excluding hydrogens is 302 g/mol. The summed E-state index contributed by atoms with van der Waals surface area (Å²) < 4.78 is 34.8. The maximum absolute atomic E-state index is 12.4. The smallest absolute Gasteiger partial charge is 0.244 e. The molecule has 0 amide bonds. The first-order valence-electron chi connectivity index (χ1n) is 7.94. The van der Waals surface area contributed by atoms with Crippen LogP contribution in [0.25, 0.3) is 0 Å². The SMILES string of the molecule is Cc1nn(C)c(C)c1S(=O)(=O)NCCO[C@H]1CCCC[C@@H]1C. The van der Waals surface area contributed by atoms with E-state index in [0.29, 0.717) is 30.5 Å². The number of aromatic nitrogens is 2. The second kappa shape index (κ2) is 7.10. The van der Waals surface area contributed by atoms with Gasteiger partial charge in [0.1, 0.15) is 4.90 Å². The van der Waals surface area contributed by atoms with Gasteiger partial charge in [0.2, 0.25) is 10.0 Å². The zero-order valence-electron chi connectivity index (χ0n) is 13.9. The van der Waals surface area contributed by atoms with E-state index >= 15 is 0 Å². The van der Waals surface area contributed by atoms with E-state index in [1.165, 1.54) is 19.3 Å². The largest absolute Gasteiger partial charge is 0.377 e. The second-order valence-corrected chi connectivity index (χ2v) is 7.90. The van der Waals surface area contributed by atoms with Crippen molar-refractivity contribution in [2.45, 2.75) is 57.5 Å². The van der Waals surface area contributed by atoms with Gasteiger partial charge in [-0.15, -0.1) is 0 Å². The van der Waals surface area contributed by atoms with Gasteiger partial charge in [0, 0.05) is 13.6 Å². The number of rotatable bonds is 6. The van der Waals surface area contributed by atoms with Gasteiger partial charge in [-0.1, -0.05) is 19.8 Å². The molecule has 1 aromatic heterocycles. The maximum atomic E-state index is 12.4. The van der Waals surface area contributed by atoms with Crippen molar-refractivity contribution in [3.05, 3.63) is 11.4 Å². The van der Waals surface area contributed by atoms with Crippen LogP contribution in [0, 0.1) is 19.8 Å². The van der Waals surface area contributed by atoms with E-state index < -0.39 is 10.0 Å². The lowest BCUT2D eigenvalue weighted by Crippen LogP contribution is -2.32. The first-order valence-corrected chi connectivity index (χ1v) is 9.42. The summed E-state index contributed by atoms with van der Waals surface area (Å²) in [6.07, 6.45) is 5.02. The van der Waals surface area contributed by atoms with Gasteiger partial charge in [0.25, 0.3) is 0 Å². The highest BCUT2D eigenvalue weighted by atomic mass is 32.2. The number of hydrogen-bond donors (Lipinski definition) is 1. The molecule has 0 aromatic carbocycles. The van der Waals surface area contributed by atoms with Crippen molar-refractivity contribution in [3.63, 3.8) is 0 Å². The van der Waals surface area contributed by atoms with Gasteiger partial charge in [-0.2, -0.15) is 5.10 Å². The molecule has 0 aliphatic heterocycles. The third kappa shape index (κ3) is 3.88. The Bertz CT molecular complexity index is 610. The fraction of sp³-hybridized carbons (Fsp3) is 0.800. The van der Waals surface area contributed by atoms with Crippen LogP contribution in [0.2, 0.25) is 0 Å². The molecule has 6 nitrogen and oxygen atoms in total. The van der Waals surface area contributed by atoms with E-state index in [0.717, 1.165) is 6.42 Å². The summed E-state index contributed by atoms with van der Waals surface area (Å²) in [5.74, 6) is 0.563. The Morgan fingerprint density at radius 3 is 2.59 bits per heavy atom. The lowest BCUT2D eigenvalue weighted by Gasteiger charge is -2.28. The molecule has 0 saturated heterocycles.